The Morgan fingerprint density at radius 3 is 2.29 bits per heavy atom. The summed E-state index contributed by atoms with van der Waals surface area (Å²) in [6, 6.07) is 25.6. The van der Waals surface area contributed by atoms with Crippen molar-refractivity contribution in [3.05, 3.63) is 101 Å². The molecule has 1 aliphatic heterocycles. The SMILES string of the molecule is O=C(NCc1ccccc1CN1CCOCC1)c1ccc(OCc2ccccc2)cc1. The van der Waals surface area contributed by atoms with E-state index in [9.17, 15) is 4.79 Å². The molecular formula is C26H28N2O3. The number of benzene rings is 3. The van der Waals surface area contributed by atoms with Gasteiger partial charge in [-0.2, -0.15) is 0 Å². The lowest BCUT2D eigenvalue weighted by Gasteiger charge is -2.27. The molecule has 0 radical (unpaired) electrons. The average molecular weight is 417 g/mol. The maximum absolute atomic E-state index is 12.6. The lowest BCUT2D eigenvalue weighted by molar-refractivity contribution is 0.0340. The number of nitrogens with one attached hydrogen (secondary N) is 1. The second-order valence-electron chi connectivity index (χ2n) is 7.64. The molecule has 31 heavy (non-hydrogen) atoms. The van der Waals surface area contributed by atoms with E-state index in [-0.39, 0.29) is 5.91 Å². The van der Waals surface area contributed by atoms with E-state index < -0.39 is 0 Å². The second kappa shape index (κ2) is 10.8. The van der Waals surface area contributed by atoms with Crippen LogP contribution in [0, 0.1) is 0 Å². The van der Waals surface area contributed by atoms with Gasteiger partial charge >= 0.3 is 0 Å². The van der Waals surface area contributed by atoms with Gasteiger partial charge in [0, 0.05) is 31.7 Å². The van der Waals surface area contributed by atoms with Crippen molar-refractivity contribution in [2.24, 2.45) is 0 Å². The number of morpholine rings is 1. The van der Waals surface area contributed by atoms with Crippen LogP contribution >= 0.6 is 0 Å². The van der Waals surface area contributed by atoms with Gasteiger partial charge in [0.2, 0.25) is 0 Å². The lowest BCUT2D eigenvalue weighted by Crippen LogP contribution is -2.36. The van der Waals surface area contributed by atoms with Crippen molar-refractivity contribution in [1.29, 1.82) is 0 Å². The van der Waals surface area contributed by atoms with Crippen molar-refractivity contribution in [2.75, 3.05) is 26.3 Å². The first kappa shape index (κ1) is 21.1. The summed E-state index contributed by atoms with van der Waals surface area (Å²) in [4.78, 5) is 15.0. The molecule has 1 heterocycles. The second-order valence-corrected chi connectivity index (χ2v) is 7.64. The topological polar surface area (TPSA) is 50.8 Å². The van der Waals surface area contributed by atoms with Crippen LogP contribution in [0.4, 0.5) is 0 Å². The van der Waals surface area contributed by atoms with E-state index in [2.05, 4.69) is 28.4 Å². The maximum Gasteiger partial charge on any atom is 0.251 e. The Hall–Kier alpha value is -3.15. The van der Waals surface area contributed by atoms with Gasteiger partial charge in [0.25, 0.3) is 5.91 Å². The Labute approximate surface area is 183 Å². The van der Waals surface area contributed by atoms with Crippen LogP contribution in [0.25, 0.3) is 0 Å². The minimum Gasteiger partial charge on any atom is -0.489 e. The molecule has 0 bridgehead atoms. The maximum atomic E-state index is 12.6. The number of hydrogen-bond donors (Lipinski definition) is 1. The van der Waals surface area contributed by atoms with Crippen LogP contribution in [0.1, 0.15) is 27.0 Å². The van der Waals surface area contributed by atoms with Crippen molar-refractivity contribution < 1.29 is 14.3 Å². The molecule has 0 saturated carbocycles. The molecule has 0 spiro atoms. The molecule has 3 aromatic rings. The highest BCUT2D eigenvalue weighted by Crippen LogP contribution is 2.16. The van der Waals surface area contributed by atoms with Gasteiger partial charge in [-0.15, -0.1) is 0 Å². The van der Waals surface area contributed by atoms with Gasteiger partial charge in [0.05, 0.1) is 13.2 Å². The first-order chi connectivity index (χ1) is 15.3. The van der Waals surface area contributed by atoms with Crippen LogP contribution in [0.15, 0.2) is 78.9 Å². The quantitative estimate of drug-likeness (QED) is 0.602. The van der Waals surface area contributed by atoms with E-state index in [1.807, 2.05) is 48.5 Å². The summed E-state index contributed by atoms with van der Waals surface area (Å²) in [5.41, 5.74) is 4.12. The third-order valence-corrected chi connectivity index (χ3v) is 5.42. The first-order valence-corrected chi connectivity index (χ1v) is 10.7. The minimum atomic E-state index is -0.0872. The van der Waals surface area contributed by atoms with Crippen molar-refractivity contribution >= 4 is 5.91 Å². The van der Waals surface area contributed by atoms with E-state index >= 15 is 0 Å². The molecule has 160 valence electrons. The minimum absolute atomic E-state index is 0.0872. The highest BCUT2D eigenvalue weighted by Gasteiger charge is 2.13. The third kappa shape index (κ3) is 6.17. The summed E-state index contributed by atoms with van der Waals surface area (Å²) in [6.45, 7) is 5.34. The van der Waals surface area contributed by atoms with Gasteiger partial charge in [-0.3, -0.25) is 9.69 Å². The molecule has 0 unspecified atom stereocenters. The number of hydrogen-bond acceptors (Lipinski definition) is 4. The summed E-state index contributed by atoms with van der Waals surface area (Å²) in [5.74, 6) is 0.659. The lowest BCUT2D eigenvalue weighted by atomic mass is 10.1. The van der Waals surface area contributed by atoms with Crippen molar-refractivity contribution in [2.45, 2.75) is 19.7 Å². The number of amides is 1. The largest absolute Gasteiger partial charge is 0.489 e. The summed E-state index contributed by atoms with van der Waals surface area (Å²) in [6.07, 6.45) is 0. The van der Waals surface area contributed by atoms with E-state index in [0.29, 0.717) is 18.7 Å². The Kier molecular flexibility index (Phi) is 7.32. The monoisotopic (exact) mass is 416 g/mol. The number of carbonyl (C=O) groups excluding carboxylic acids is 1. The molecule has 1 saturated heterocycles. The summed E-state index contributed by atoms with van der Waals surface area (Å²) >= 11 is 0. The predicted molar refractivity (Wildman–Crippen MR) is 121 cm³/mol. The number of nitrogens with zero attached hydrogens (tertiary/aromatic N) is 1. The third-order valence-electron chi connectivity index (χ3n) is 5.42. The molecule has 5 nitrogen and oxygen atoms in total. The van der Waals surface area contributed by atoms with Crippen LogP contribution in [0.2, 0.25) is 0 Å². The van der Waals surface area contributed by atoms with Gasteiger partial charge in [-0.25, -0.2) is 0 Å². The summed E-state index contributed by atoms with van der Waals surface area (Å²) in [5, 5.41) is 3.05. The molecule has 4 rings (SSSR count). The molecule has 0 aliphatic carbocycles. The smallest absolute Gasteiger partial charge is 0.251 e. The van der Waals surface area contributed by atoms with Crippen LogP contribution in [0.3, 0.4) is 0 Å². The first-order valence-electron chi connectivity index (χ1n) is 10.7. The molecule has 1 aliphatic rings. The molecule has 1 amide bonds. The van der Waals surface area contributed by atoms with Gasteiger partial charge in [0.15, 0.2) is 0 Å². The van der Waals surface area contributed by atoms with Gasteiger partial charge < -0.3 is 14.8 Å². The van der Waals surface area contributed by atoms with Crippen molar-refractivity contribution in [1.82, 2.24) is 10.2 Å². The Morgan fingerprint density at radius 1 is 0.871 bits per heavy atom. The standard InChI is InChI=1S/C26H28N2O3/c29-26(22-10-12-25(13-11-22)31-20-21-6-2-1-3-7-21)27-18-23-8-4-5-9-24(23)19-28-14-16-30-17-15-28/h1-13H,14-20H2,(H,27,29). The molecule has 1 N–H and O–H groups in total. The molecule has 0 aromatic heterocycles. The van der Waals surface area contributed by atoms with Crippen LogP contribution in [0.5, 0.6) is 5.75 Å². The van der Waals surface area contributed by atoms with Gasteiger partial charge in [0.1, 0.15) is 12.4 Å². The van der Waals surface area contributed by atoms with Crippen LogP contribution in [-0.2, 0) is 24.4 Å². The number of carbonyl (C=O) groups is 1. The molecule has 3 aromatic carbocycles. The Balaban J connectivity index is 1.30. The van der Waals surface area contributed by atoms with E-state index in [0.717, 1.165) is 49.7 Å². The Bertz CT molecular complexity index is 967. The van der Waals surface area contributed by atoms with Gasteiger partial charge in [-0.05, 0) is 41.0 Å². The highest BCUT2D eigenvalue weighted by molar-refractivity contribution is 5.94. The normalized spacial score (nSPS) is 14.2. The van der Waals surface area contributed by atoms with E-state index in [4.69, 9.17) is 9.47 Å². The zero-order valence-electron chi connectivity index (χ0n) is 17.6. The van der Waals surface area contributed by atoms with Crippen LogP contribution < -0.4 is 10.1 Å². The van der Waals surface area contributed by atoms with Gasteiger partial charge in [-0.1, -0.05) is 54.6 Å². The van der Waals surface area contributed by atoms with Crippen molar-refractivity contribution in [3.8, 4) is 5.75 Å². The number of ether oxygens (including phenoxy) is 2. The molecule has 0 atom stereocenters. The predicted octanol–water partition coefficient (Wildman–Crippen LogP) is 4.03. The molecular weight excluding hydrogens is 388 g/mol. The zero-order valence-corrected chi connectivity index (χ0v) is 17.6. The summed E-state index contributed by atoms with van der Waals surface area (Å²) < 4.78 is 11.2. The van der Waals surface area contributed by atoms with Crippen molar-refractivity contribution in [3.63, 3.8) is 0 Å². The number of rotatable bonds is 8. The molecule has 1 fully saturated rings. The van der Waals surface area contributed by atoms with E-state index in [1.165, 1.54) is 5.56 Å². The Morgan fingerprint density at radius 2 is 1.55 bits per heavy atom. The zero-order chi connectivity index (χ0) is 21.3. The summed E-state index contributed by atoms with van der Waals surface area (Å²) in [7, 11) is 0. The van der Waals surface area contributed by atoms with Crippen LogP contribution in [-0.4, -0.2) is 37.1 Å². The fraction of sp³-hybridized carbons (Fsp3) is 0.269. The average Bonchev–Trinajstić information content (AvgIpc) is 2.84. The fourth-order valence-corrected chi connectivity index (χ4v) is 3.61. The fourth-order valence-electron chi connectivity index (χ4n) is 3.61. The van der Waals surface area contributed by atoms with E-state index in [1.54, 1.807) is 12.1 Å². The molecule has 5 heteroatoms. The highest BCUT2D eigenvalue weighted by atomic mass is 16.5.